The van der Waals surface area contributed by atoms with Gasteiger partial charge < -0.3 is 0 Å². The molecule has 2 aromatic carbocycles. The van der Waals surface area contributed by atoms with Crippen LogP contribution >= 0.6 is 0 Å². The van der Waals surface area contributed by atoms with E-state index in [0.29, 0.717) is 22.2 Å². The van der Waals surface area contributed by atoms with Crippen LogP contribution in [0.4, 0.5) is 4.39 Å². The van der Waals surface area contributed by atoms with Gasteiger partial charge in [-0.2, -0.15) is 10.2 Å². The largest absolute Gasteiger partial charge is 0.293 e. The zero-order valence-corrected chi connectivity index (χ0v) is 14.5. The Hall–Kier alpha value is -3.28. The van der Waals surface area contributed by atoms with Gasteiger partial charge in [0.15, 0.2) is 0 Å². The minimum Gasteiger partial charge on any atom is -0.265 e. The molecule has 0 unspecified atom stereocenters. The predicted molar refractivity (Wildman–Crippen MR) is 98.1 cm³/mol. The van der Waals surface area contributed by atoms with Crippen LogP contribution in [0.2, 0.25) is 0 Å². The number of aryl methyl sites for hydroxylation is 2. The van der Waals surface area contributed by atoms with Crippen molar-refractivity contribution in [1.82, 2.24) is 19.6 Å². The third kappa shape index (κ3) is 2.69. The normalized spacial score (nSPS) is 11.2. The lowest BCUT2D eigenvalue weighted by Gasteiger charge is -2.10. The van der Waals surface area contributed by atoms with E-state index in [4.69, 9.17) is 0 Å². The molecule has 0 amide bonds. The fraction of sp³-hybridized carbons (Fsp3) is 0.150. The highest BCUT2D eigenvalue weighted by Crippen LogP contribution is 2.19. The van der Waals surface area contributed by atoms with Crippen LogP contribution in [0.25, 0.3) is 16.6 Å². The molecule has 0 aliphatic heterocycles. The van der Waals surface area contributed by atoms with Gasteiger partial charge in [-0.05, 0) is 43.2 Å². The number of halogens is 1. The van der Waals surface area contributed by atoms with Crippen LogP contribution < -0.4 is 5.56 Å². The van der Waals surface area contributed by atoms with Crippen molar-refractivity contribution in [2.75, 3.05) is 0 Å². The molecular formula is C20H17FN4O. The second kappa shape index (κ2) is 6.22. The third-order valence-corrected chi connectivity index (χ3v) is 4.43. The van der Waals surface area contributed by atoms with Gasteiger partial charge in [0.05, 0.1) is 24.1 Å². The van der Waals surface area contributed by atoms with E-state index in [-0.39, 0.29) is 17.9 Å². The summed E-state index contributed by atoms with van der Waals surface area (Å²) in [6.45, 7) is 4.02. The molecule has 0 bridgehead atoms. The molecule has 0 radical (unpaired) electrons. The Kier molecular flexibility index (Phi) is 3.88. The molecule has 0 spiro atoms. The number of hydrogen-bond donors (Lipinski definition) is 0. The highest BCUT2D eigenvalue weighted by molar-refractivity contribution is 5.81. The number of aromatic nitrogens is 4. The Morgan fingerprint density at radius 3 is 2.65 bits per heavy atom. The van der Waals surface area contributed by atoms with Gasteiger partial charge in [-0.3, -0.25) is 4.79 Å². The molecule has 4 rings (SSSR count). The fourth-order valence-corrected chi connectivity index (χ4v) is 3.12. The Bertz CT molecular complexity index is 1180. The summed E-state index contributed by atoms with van der Waals surface area (Å²) < 4.78 is 16.5. The maximum absolute atomic E-state index is 13.5. The van der Waals surface area contributed by atoms with Crippen molar-refractivity contribution >= 4 is 10.9 Å². The minimum absolute atomic E-state index is 0.201. The maximum Gasteiger partial charge on any atom is 0.293 e. The van der Waals surface area contributed by atoms with Gasteiger partial charge in [-0.1, -0.05) is 30.3 Å². The zero-order valence-electron chi connectivity index (χ0n) is 14.5. The van der Waals surface area contributed by atoms with Gasteiger partial charge in [-0.25, -0.2) is 13.8 Å². The van der Waals surface area contributed by atoms with E-state index in [0.717, 1.165) is 11.3 Å². The number of fused-ring (bicyclic) bond motifs is 1. The van der Waals surface area contributed by atoms with Crippen LogP contribution in [0, 0.1) is 19.7 Å². The molecule has 0 aliphatic carbocycles. The summed E-state index contributed by atoms with van der Waals surface area (Å²) in [5.74, 6) is -0.335. The Labute approximate surface area is 149 Å². The van der Waals surface area contributed by atoms with E-state index in [2.05, 4.69) is 10.2 Å². The van der Waals surface area contributed by atoms with Crippen molar-refractivity contribution in [1.29, 1.82) is 0 Å². The van der Waals surface area contributed by atoms with Gasteiger partial charge in [0, 0.05) is 5.39 Å². The molecule has 5 nitrogen and oxygen atoms in total. The van der Waals surface area contributed by atoms with E-state index in [1.54, 1.807) is 23.0 Å². The molecule has 4 aromatic rings. The molecule has 0 saturated heterocycles. The van der Waals surface area contributed by atoms with E-state index in [1.165, 1.54) is 16.8 Å². The topological polar surface area (TPSA) is 52.7 Å². The Balaban J connectivity index is 1.92. The predicted octanol–water partition coefficient (Wildman–Crippen LogP) is 3.39. The molecule has 0 N–H and O–H groups in total. The third-order valence-electron chi connectivity index (χ3n) is 4.43. The Morgan fingerprint density at radius 1 is 1.08 bits per heavy atom. The summed E-state index contributed by atoms with van der Waals surface area (Å²) in [5, 5.41) is 9.51. The average molecular weight is 348 g/mol. The quantitative estimate of drug-likeness (QED) is 0.570. The zero-order chi connectivity index (χ0) is 18.3. The average Bonchev–Trinajstić information content (AvgIpc) is 3.05. The first kappa shape index (κ1) is 16.2. The number of hydrogen-bond acceptors (Lipinski definition) is 3. The van der Waals surface area contributed by atoms with Crippen LogP contribution in [0.15, 0.2) is 59.5 Å². The van der Waals surface area contributed by atoms with Crippen LogP contribution in [-0.2, 0) is 6.54 Å². The van der Waals surface area contributed by atoms with Crippen molar-refractivity contribution in [3.05, 3.63) is 87.7 Å². The van der Waals surface area contributed by atoms with Crippen molar-refractivity contribution in [3.8, 4) is 5.69 Å². The van der Waals surface area contributed by atoms with Crippen molar-refractivity contribution in [3.63, 3.8) is 0 Å². The SMILES string of the molecule is Cc1ccccc1-n1ncc2c(C)nn(Cc3cccc(F)c3)c(=O)c21. The molecular weight excluding hydrogens is 331 g/mol. The summed E-state index contributed by atoms with van der Waals surface area (Å²) in [7, 11) is 0. The first-order valence-corrected chi connectivity index (χ1v) is 8.30. The van der Waals surface area contributed by atoms with Gasteiger partial charge >= 0.3 is 0 Å². The first-order chi connectivity index (χ1) is 12.5. The van der Waals surface area contributed by atoms with Crippen LogP contribution in [0.1, 0.15) is 16.8 Å². The molecule has 6 heteroatoms. The lowest BCUT2D eigenvalue weighted by Crippen LogP contribution is -2.26. The van der Waals surface area contributed by atoms with Crippen molar-refractivity contribution in [2.24, 2.45) is 0 Å². The summed E-state index contributed by atoms with van der Waals surface area (Å²) in [5.41, 5.74) is 3.47. The van der Waals surface area contributed by atoms with E-state index in [9.17, 15) is 9.18 Å². The molecule has 0 fully saturated rings. The Morgan fingerprint density at radius 2 is 1.88 bits per heavy atom. The second-order valence-electron chi connectivity index (χ2n) is 6.28. The number of benzene rings is 2. The van der Waals surface area contributed by atoms with Gasteiger partial charge in [0.2, 0.25) is 0 Å². The number of rotatable bonds is 3. The monoisotopic (exact) mass is 348 g/mol. The van der Waals surface area contributed by atoms with E-state index >= 15 is 0 Å². The smallest absolute Gasteiger partial charge is 0.265 e. The van der Waals surface area contributed by atoms with Gasteiger partial charge in [0.25, 0.3) is 5.56 Å². The molecule has 26 heavy (non-hydrogen) atoms. The first-order valence-electron chi connectivity index (χ1n) is 8.30. The minimum atomic E-state index is -0.335. The molecule has 2 aromatic heterocycles. The molecule has 0 atom stereocenters. The highest BCUT2D eigenvalue weighted by Gasteiger charge is 2.16. The lowest BCUT2D eigenvalue weighted by atomic mass is 10.2. The number of nitrogens with zero attached hydrogens (tertiary/aromatic N) is 4. The molecule has 0 saturated carbocycles. The van der Waals surface area contributed by atoms with E-state index in [1.807, 2.05) is 38.1 Å². The summed E-state index contributed by atoms with van der Waals surface area (Å²) in [6.07, 6.45) is 1.66. The number of para-hydroxylation sites is 1. The maximum atomic E-state index is 13.5. The van der Waals surface area contributed by atoms with Crippen LogP contribution in [0.3, 0.4) is 0 Å². The highest BCUT2D eigenvalue weighted by atomic mass is 19.1. The summed E-state index contributed by atoms with van der Waals surface area (Å²) in [6, 6.07) is 13.9. The summed E-state index contributed by atoms with van der Waals surface area (Å²) in [4.78, 5) is 13.1. The van der Waals surface area contributed by atoms with Gasteiger partial charge in [0.1, 0.15) is 11.3 Å². The van der Waals surface area contributed by atoms with Crippen molar-refractivity contribution < 1.29 is 4.39 Å². The van der Waals surface area contributed by atoms with Gasteiger partial charge in [-0.15, -0.1) is 0 Å². The van der Waals surface area contributed by atoms with Crippen LogP contribution in [-0.4, -0.2) is 19.6 Å². The van der Waals surface area contributed by atoms with E-state index < -0.39 is 0 Å². The molecule has 2 heterocycles. The molecule has 0 aliphatic rings. The standard InChI is InChI=1S/C20H17FN4O/c1-13-6-3-4-9-18(13)25-19-17(11-22-25)14(2)23-24(20(19)26)12-15-7-5-8-16(21)10-15/h3-11H,12H2,1-2H3. The van der Waals surface area contributed by atoms with Crippen molar-refractivity contribution in [2.45, 2.75) is 20.4 Å². The summed E-state index contributed by atoms with van der Waals surface area (Å²) >= 11 is 0. The van der Waals surface area contributed by atoms with Crippen LogP contribution in [0.5, 0.6) is 0 Å². The molecule has 130 valence electrons. The lowest BCUT2D eigenvalue weighted by molar-refractivity contribution is 0.609. The fourth-order valence-electron chi connectivity index (χ4n) is 3.12. The second-order valence-corrected chi connectivity index (χ2v) is 6.28.